The Morgan fingerprint density at radius 1 is 1.28 bits per heavy atom. The normalized spacial score (nSPS) is 12.8. The van der Waals surface area contributed by atoms with Crippen molar-refractivity contribution in [3.05, 3.63) is 50.5 Å². The molecular weight excluding hydrogens is 250 g/mol. The maximum Gasteiger partial charge on any atom is 0.257 e. The monoisotopic (exact) mass is 261 g/mol. The average Bonchev–Trinajstić information content (AvgIpc) is 2.40. The lowest BCUT2D eigenvalue weighted by Crippen LogP contribution is -2.27. The van der Waals surface area contributed by atoms with E-state index >= 15 is 0 Å². The van der Waals surface area contributed by atoms with Gasteiger partial charge in [0.2, 0.25) is 4.77 Å². The Kier molecular flexibility index (Phi) is 2.45. The zero-order chi connectivity index (χ0) is 12.7. The summed E-state index contributed by atoms with van der Waals surface area (Å²) < 4.78 is 11.0. The molecule has 2 heterocycles. The number of rotatable bonds is 0. The third-order valence-corrected chi connectivity index (χ3v) is 3.53. The molecule has 3 rings (SSSR count). The third kappa shape index (κ3) is 1.53. The van der Waals surface area contributed by atoms with E-state index in [4.69, 9.17) is 0 Å². The second-order valence-electron chi connectivity index (χ2n) is 4.18. The van der Waals surface area contributed by atoms with Crippen LogP contribution in [0.4, 0.5) is 11.5 Å². The molecule has 5 nitrogen and oxygen atoms in total. The van der Waals surface area contributed by atoms with E-state index in [-0.39, 0.29) is 21.6 Å². The van der Waals surface area contributed by atoms with Gasteiger partial charge in [0.15, 0.2) is 0 Å². The van der Waals surface area contributed by atoms with Crippen LogP contribution in [0, 0.1) is 4.77 Å². The molecule has 1 aromatic carbocycles. The number of nitrogens with one attached hydrogen (secondary N) is 2. The van der Waals surface area contributed by atoms with Gasteiger partial charge in [-0.1, -0.05) is 18.2 Å². The van der Waals surface area contributed by atoms with Crippen LogP contribution in [0.15, 0.2) is 29.1 Å². The predicted molar refractivity (Wildman–Crippen MR) is 70.1 cm³/mol. The Labute approximate surface area is 106 Å². The third-order valence-electron chi connectivity index (χ3n) is 3.16. The smallest absolute Gasteiger partial charge is 0.257 e. The molecule has 0 atom stereocenters. The largest absolute Gasteiger partial charge is 0.330 e. The van der Waals surface area contributed by atoms with Gasteiger partial charge in [-0.2, -0.15) is 0 Å². The van der Waals surface area contributed by atoms with Crippen molar-refractivity contribution < 1.29 is 4.21 Å². The minimum absolute atomic E-state index is 0.205. The van der Waals surface area contributed by atoms with Crippen LogP contribution in [0.2, 0.25) is 0 Å². The molecule has 0 bridgehead atoms. The molecule has 1 aliphatic rings. The number of aromatic amines is 2. The lowest BCUT2D eigenvalue weighted by atomic mass is 10.00. The number of nitrogens with zero attached hydrogens (tertiary/aromatic N) is 1. The van der Waals surface area contributed by atoms with Crippen LogP contribution in [0.25, 0.3) is 0 Å². The fraction of sp³-hybridized carbons (Fsp3) is 0.167. The zero-order valence-electron chi connectivity index (χ0n) is 9.69. The molecule has 92 valence electrons. The molecule has 1 aliphatic heterocycles. The summed E-state index contributed by atoms with van der Waals surface area (Å²) in [6.07, 6.45) is 0.575. The highest BCUT2D eigenvalue weighted by molar-refractivity contribution is 7.56. The molecule has 0 amide bonds. The van der Waals surface area contributed by atoms with Crippen molar-refractivity contribution in [3.8, 4) is 0 Å². The van der Waals surface area contributed by atoms with E-state index in [1.54, 1.807) is 0 Å². The Hall–Kier alpha value is -2.08. The lowest BCUT2D eigenvalue weighted by Gasteiger charge is -2.28. The Morgan fingerprint density at radius 3 is 2.83 bits per heavy atom. The van der Waals surface area contributed by atoms with Crippen molar-refractivity contribution >= 4 is 22.8 Å². The molecule has 18 heavy (non-hydrogen) atoms. The number of hydrogen-bond donors (Lipinski definition) is 2. The van der Waals surface area contributed by atoms with Crippen molar-refractivity contribution in [2.45, 2.75) is 6.42 Å². The van der Waals surface area contributed by atoms with Crippen LogP contribution in [-0.2, 0) is 17.7 Å². The van der Waals surface area contributed by atoms with E-state index in [1.807, 2.05) is 36.2 Å². The standard InChI is InChI=1S/C12H11N3O2S/c1-15-9-5-3-2-4-7(9)6-8-10(15)13-12(18-17)14-11(8)16/h2-5,13H,6H2,1H3,(H,14,16). The van der Waals surface area contributed by atoms with Crippen LogP contribution < -0.4 is 10.5 Å². The van der Waals surface area contributed by atoms with Gasteiger partial charge >= 0.3 is 0 Å². The minimum Gasteiger partial charge on any atom is -0.330 e. The second kappa shape index (κ2) is 3.99. The van der Waals surface area contributed by atoms with E-state index in [9.17, 15) is 9.00 Å². The van der Waals surface area contributed by atoms with Crippen molar-refractivity contribution in [1.29, 1.82) is 0 Å². The second-order valence-corrected chi connectivity index (χ2v) is 4.76. The summed E-state index contributed by atoms with van der Waals surface area (Å²) in [4.78, 5) is 19.4. The van der Waals surface area contributed by atoms with E-state index in [1.165, 1.54) is 0 Å². The molecule has 0 fully saturated rings. The number of anilines is 2. The summed E-state index contributed by atoms with van der Waals surface area (Å²) in [5, 5.41) is 0. The Morgan fingerprint density at radius 2 is 2.06 bits per heavy atom. The van der Waals surface area contributed by atoms with Gasteiger partial charge in [-0.05, 0) is 11.6 Å². The maximum absolute atomic E-state index is 11.9. The first kappa shape index (κ1) is 11.0. The van der Waals surface area contributed by atoms with Crippen molar-refractivity contribution in [2.24, 2.45) is 0 Å². The fourth-order valence-corrected chi connectivity index (χ4v) is 2.56. The Balaban J connectivity index is 2.32. The van der Waals surface area contributed by atoms with Gasteiger partial charge in [-0.3, -0.25) is 9.78 Å². The topological polar surface area (TPSA) is 69.0 Å². The number of fused-ring (bicyclic) bond motifs is 2. The van der Waals surface area contributed by atoms with E-state index in [2.05, 4.69) is 9.97 Å². The lowest BCUT2D eigenvalue weighted by molar-refractivity contribution is 0.698. The predicted octanol–water partition coefficient (Wildman–Crippen LogP) is 1.12. The van der Waals surface area contributed by atoms with Crippen molar-refractivity contribution in [2.75, 3.05) is 11.9 Å². The number of aromatic nitrogens is 2. The number of benzene rings is 1. The summed E-state index contributed by atoms with van der Waals surface area (Å²) in [7, 11) is 1.88. The molecule has 0 unspecified atom stereocenters. The summed E-state index contributed by atoms with van der Waals surface area (Å²) in [5.41, 5.74) is 2.61. The molecule has 6 heteroatoms. The molecule has 2 N–H and O–H groups in total. The summed E-state index contributed by atoms with van der Waals surface area (Å²) in [6, 6.07) is 7.91. The van der Waals surface area contributed by atoms with Gasteiger partial charge in [-0.25, -0.2) is 4.21 Å². The van der Waals surface area contributed by atoms with E-state index in [0.717, 1.165) is 11.3 Å². The van der Waals surface area contributed by atoms with Crippen LogP contribution >= 0.6 is 0 Å². The first-order valence-corrected chi connectivity index (χ1v) is 6.25. The molecule has 2 aromatic rings. The zero-order valence-corrected chi connectivity index (χ0v) is 10.5. The highest BCUT2D eigenvalue weighted by Crippen LogP contribution is 2.33. The molecule has 0 saturated carbocycles. The molecule has 0 saturated heterocycles. The maximum atomic E-state index is 11.9. The summed E-state index contributed by atoms with van der Waals surface area (Å²) >= 11 is 0.251. The molecular formula is C12H11N3O2S. The van der Waals surface area contributed by atoms with Gasteiger partial charge in [0.1, 0.15) is 17.1 Å². The van der Waals surface area contributed by atoms with Crippen LogP contribution in [0.1, 0.15) is 11.1 Å². The van der Waals surface area contributed by atoms with Crippen LogP contribution in [-0.4, -0.2) is 21.2 Å². The van der Waals surface area contributed by atoms with Gasteiger partial charge in [0.25, 0.3) is 5.56 Å². The SMILES string of the molecule is CN1c2ccccc2Cc2c1[nH]c(=S=O)[nH]c2=O. The first-order valence-electron chi connectivity index (χ1n) is 5.50. The Bertz CT molecular complexity index is 771. The molecule has 0 spiro atoms. The quantitative estimate of drug-likeness (QED) is 0.698. The van der Waals surface area contributed by atoms with Crippen LogP contribution in [0.5, 0.6) is 0 Å². The van der Waals surface area contributed by atoms with Gasteiger partial charge in [0, 0.05) is 19.2 Å². The molecule has 1 aromatic heterocycles. The van der Waals surface area contributed by atoms with E-state index in [0.29, 0.717) is 17.8 Å². The number of para-hydroxylation sites is 1. The molecule has 0 aliphatic carbocycles. The van der Waals surface area contributed by atoms with Gasteiger partial charge in [-0.15, -0.1) is 0 Å². The highest BCUT2D eigenvalue weighted by atomic mass is 32.1. The van der Waals surface area contributed by atoms with Crippen LogP contribution in [0.3, 0.4) is 0 Å². The van der Waals surface area contributed by atoms with Gasteiger partial charge in [0.05, 0.1) is 5.56 Å². The molecule has 0 radical (unpaired) electrons. The fourth-order valence-electron chi connectivity index (χ4n) is 2.29. The van der Waals surface area contributed by atoms with Gasteiger partial charge < -0.3 is 9.88 Å². The highest BCUT2D eigenvalue weighted by Gasteiger charge is 2.22. The van der Waals surface area contributed by atoms with Crippen molar-refractivity contribution in [3.63, 3.8) is 0 Å². The van der Waals surface area contributed by atoms with Crippen molar-refractivity contribution in [1.82, 2.24) is 9.97 Å². The average molecular weight is 261 g/mol. The minimum atomic E-state index is -0.205. The van der Waals surface area contributed by atoms with E-state index < -0.39 is 0 Å². The number of hydrogen-bond acceptors (Lipinski definition) is 3. The number of H-pyrrole nitrogens is 2. The summed E-state index contributed by atoms with van der Waals surface area (Å²) in [5.74, 6) is 0.691. The summed E-state index contributed by atoms with van der Waals surface area (Å²) in [6.45, 7) is 0. The first-order chi connectivity index (χ1) is 8.70.